The van der Waals surface area contributed by atoms with E-state index in [0.717, 1.165) is 0 Å². The van der Waals surface area contributed by atoms with E-state index in [9.17, 15) is 19.8 Å². The van der Waals surface area contributed by atoms with Crippen LogP contribution in [0.2, 0.25) is 0 Å². The van der Waals surface area contributed by atoms with Gasteiger partial charge >= 0.3 is 5.91 Å². The highest BCUT2D eigenvalue weighted by molar-refractivity contribution is 6.03. The molecule has 0 fully saturated rings. The van der Waals surface area contributed by atoms with Gasteiger partial charge in [0.15, 0.2) is 11.4 Å². The van der Waals surface area contributed by atoms with Crippen LogP contribution in [-0.2, 0) is 0 Å². The third-order valence-electron chi connectivity index (χ3n) is 5.67. The number of azo groups is 2. The van der Waals surface area contributed by atoms with Crippen molar-refractivity contribution in [1.82, 2.24) is 15.0 Å². The molecule has 0 saturated heterocycles. The van der Waals surface area contributed by atoms with Gasteiger partial charge in [0, 0.05) is 16.5 Å². The van der Waals surface area contributed by atoms with Crippen LogP contribution < -0.4 is 0 Å². The molecule has 35 heavy (non-hydrogen) atoms. The predicted octanol–water partition coefficient (Wildman–Crippen LogP) is 5.85. The number of aromatic nitrogens is 3. The highest BCUT2D eigenvalue weighted by atomic mass is 16.3. The molecule has 3 aromatic heterocycles. The Balaban J connectivity index is 1.42. The summed E-state index contributed by atoms with van der Waals surface area (Å²) in [5.41, 5.74) is 2.56. The molecule has 0 bridgehead atoms. The largest absolute Gasteiger partial charge is 0.493 e. The molecule has 0 saturated carbocycles. The number of rotatable bonds is 4. The average Bonchev–Trinajstić information content (AvgIpc) is 3.44. The zero-order valence-electron chi connectivity index (χ0n) is 18.6. The van der Waals surface area contributed by atoms with Crippen LogP contribution in [0, 0.1) is 13.8 Å². The van der Waals surface area contributed by atoms with E-state index >= 15 is 0 Å². The van der Waals surface area contributed by atoms with Gasteiger partial charge < -0.3 is 25.2 Å². The molecule has 174 valence electrons. The molecule has 5 N–H and O–H groups in total. The summed E-state index contributed by atoms with van der Waals surface area (Å²) >= 11 is 0. The third-order valence-corrected chi connectivity index (χ3v) is 5.67. The molecule has 11 nitrogen and oxygen atoms in total. The van der Waals surface area contributed by atoms with Gasteiger partial charge in [0.1, 0.15) is 5.69 Å². The third kappa shape index (κ3) is 3.74. The maximum atomic E-state index is 12.8. The fraction of sp³-hybridized carbons (Fsp3) is 0.0833. The first-order valence-electron chi connectivity index (χ1n) is 10.6. The van der Waals surface area contributed by atoms with Crippen LogP contribution in [0.3, 0.4) is 0 Å². The quantitative estimate of drug-likeness (QED) is 0.208. The number of carbonyl (C=O) groups excluding carboxylic acids is 2. The lowest BCUT2D eigenvalue weighted by Gasteiger charge is -1.96. The molecular weight excluding hydrogens is 450 g/mol. The van der Waals surface area contributed by atoms with Crippen LogP contribution >= 0.6 is 0 Å². The van der Waals surface area contributed by atoms with Crippen molar-refractivity contribution >= 4 is 45.0 Å². The van der Waals surface area contributed by atoms with Gasteiger partial charge in [0.25, 0.3) is 5.91 Å². The summed E-state index contributed by atoms with van der Waals surface area (Å²) in [5.74, 6) is -1.83. The molecule has 2 aromatic carbocycles. The number of para-hydroxylation sites is 2. The van der Waals surface area contributed by atoms with Crippen molar-refractivity contribution in [2.45, 2.75) is 13.8 Å². The number of hydrogen-bond acceptors (Lipinski definition) is 6. The summed E-state index contributed by atoms with van der Waals surface area (Å²) in [6.07, 6.45) is 0. The van der Waals surface area contributed by atoms with Gasteiger partial charge in [0.2, 0.25) is 11.8 Å². The Kier molecular flexibility index (Phi) is 5.21. The lowest BCUT2D eigenvalue weighted by atomic mass is 10.1. The number of fused-ring (bicyclic) bond motifs is 2. The van der Waals surface area contributed by atoms with Crippen molar-refractivity contribution < 1.29 is 19.8 Å². The Labute approximate surface area is 197 Å². The Morgan fingerprint density at radius 3 is 1.74 bits per heavy atom. The fourth-order valence-corrected chi connectivity index (χ4v) is 4.00. The Bertz CT molecular complexity index is 1690. The van der Waals surface area contributed by atoms with Crippen molar-refractivity contribution in [3.63, 3.8) is 0 Å². The number of carbonyl (C=O) groups is 2. The molecule has 11 heteroatoms. The molecule has 5 aromatic rings. The van der Waals surface area contributed by atoms with Crippen LogP contribution in [0.1, 0.15) is 32.1 Å². The van der Waals surface area contributed by atoms with Gasteiger partial charge in [0.05, 0.1) is 16.6 Å². The average molecular weight is 469 g/mol. The lowest BCUT2D eigenvalue weighted by molar-refractivity contribution is 0.0988. The monoisotopic (exact) mass is 469 g/mol. The smallest absolute Gasteiger partial charge is 0.312 e. The Hall–Kier alpha value is -5.06. The van der Waals surface area contributed by atoms with E-state index in [1.165, 1.54) is 0 Å². The van der Waals surface area contributed by atoms with E-state index in [-0.39, 0.29) is 34.4 Å². The number of hydrogen-bond donors (Lipinski definition) is 5. The second kappa shape index (κ2) is 8.37. The first kappa shape index (κ1) is 21.8. The number of aromatic hydroxyl groups is 2. The van der Waals surface area contributed by atoms with Gasteiger partial charge in [-0.15, -0.1) is 20.5 Å². The SMILES string of the molecule is Cc1[nH]c(C(=O)N=Nc2c(O)[nH]c3ccccc23)c(C)c1C(=O)N=Nc1c(O)[nH]c2ccccc12. The molecule has 0 aliphatic rings. The number of aryl methyl sites for hydroxylation is 1. The molecule has 0 spiro atoms. The highest BCUT2D eigenvalue weighted by Gasteiger charge is 2.23. The number of nitrogens with one attached hydrogen (secondary N) is 3. The number of amides is 2. The maximum absolute atomic E-state index is 12.8. The summed E-state index contributed by atoms with van der Waals surface area (Å²) in [6.45, 7) is 3.21. The molecule has 0 aliphatic heterocycles. The lowest BCUT2D eigenvalue weighted by Crippen LogP contribution is -2.00. The summed E-state index contributed by atoms with van der Waals surface area (Å²) < 4.78 is 0. The predicted molar refractivity (Wildman–Crippen MR) is 128 cm³/mol. The fourth-order valence-electron chi connectivity index (χ4n) is 4.00. The van der Waals surface area contributed by atoms with Gasteiger partial charge in [-0.3, -0.25) is 9.59 Å². The van der Waals surface area contributed by atoms with Crippen LogP contribution in [0.25, 0.3) is 21.8 Å². The van der Waals surface area contributed by atoms with Crippen molar-refractivity contribution in [2.75, 3.05) is 0 Å². The van der Waals surface area contributed by atoms with E-state index in [2.05, 4.69) is 35.4 Å². The van der Waals surface area contributed by atoms with Crippen molar-refractivity contribution in [3.05, 3.63) is 71.0 Å². The van der Waals surface area contributed by atoms with Crippen LogP contribution in [-0.4, -0.2) is 37.0 Å². The molecule has 3 heterocycles. The van der Waals surface area contributed by atoms with Gasteiger partial charge in [-0.1, -0.05) is 36.4 Å². The number of benzene rings is 2. The van der Waals surface area contributed by atoms with Crippen LogP contribution in [0.4, 0.5) is 11.4 Å². The normalized spacial score (nSPS) is 11.9. The summed E-state index contributed by atoms with van der Waals surface area (Å²) in [4.78, 5) is 34.0. The topological polar surface area (TPSA) is 171 Å². The summed E-state index contributed by atoms with van der Waals surface area (Å²) in [5, 5.41) is 36.8. The molecule has 0 atom stereocenters. The second-order valence-electron chi connectivity index (χ2n) is 7.87. The van der Waals surface area contributed by atoms with Crippen molar-refractivity contribution in [2.24, 2.45) is 20.5 Å². The Morgan fingerprint density at radius 1 is 0.714 bits per heavy atom. The first-order chi connectivity index (χ1) is 16.8. The first-order valence-corrected chi connectivity index (χ1v) is 10.6. The van der Waals surface area contributed by atoms with Gasteiger partial charge in [-0.25, -0.2) is 0 Å². The van der Waals surface area contributed by atoms with E-state index in [1.54, 1.807) is 62.4 Å². The van der Waals surface area contributed by atoms with Crippen LogP contribution in [0.15, 0.2) is 69.0 Å². The van der Waals surface area contributed by atoms with Crippen molar-refractivity contribution in [3.8, 4) is 11.8 Å². The zero-order valence-corrected chi connectivity index (χ0v) is 18.6. The standard InChI is InChI=1S/C24H19N7O4/c1-11-17(21(32)30-28-19-13-7-3-5-9-15(13)26-22(19)33)12(2)25-18(11)24(35)31-29-20-14-8-4-6-10-16(14)27-23(20)34/h3-10,25-27,33-34H,1-2H3. The molecule has 2 amide bonds. The van der Waals surface area contributed by atoms with E-state index in [1.807, 2.05) is 0 Å². The molecular formula is C24H19N7O4. The number of H-pyrrole nitrogens is 3. The van der Waals surface area contributed by atoms with E-state index in [0.29, 0.717) is 33.1 Å². The summed E-state index contributed by atoms with van der Waals surface area (Å²) in [7, 11) is 0. The van der Waals surface area contributed by atoms with Gasteiger partial charge in [-0.2, -0.15) is 0 Å². The van der Waals surface area contributed by atoms with Crippen LogP contribution in [0.5, 0.6) is 11.8 Å². The van der Waals surface area contributed by atoms with Crippen molar-refractivity contribution in [1.29, 1.82) is 0 Å². The maximum Gasteiger partial charge on any atom is 0.312 e. The molecule has 0 unspecified atom stereocenters. The minimum absolute atomic E-state index is 0.0686. The number of nitrogens with zero attached hydrogens (tertiary/aromatic N) is 4. The second-order valence-corrected chi connectivity index (χ2v) is 7.87. The summed E-state index contributed by atoms with van der Waals surface area (Å²) in [6, 6.07) is 14.1. The molecule has 0 aliphatic carbocycles. The molecule has 5 rings (SSSR count). The van der Waals surface area contributed by atoms with E-state index < -0.39 is 11.8 Å². The minimum Gasteiger partial charge on any atom is -0.493 e. The highest BCUT2D eigenvalue weighted by Crippen LogP contribution is 2.36. The van der Waals surface area contributed by atoms with E-state index in [4.69, 9.17) is 0 Å². The minimum atomic E-state index is -0.722. The Morgan fingerprint density at radius 2 is 1.20 bits per heavy atom. The zero-order chi connectivity index (χ0) is 24.7. The number of aromatic amines is 3. The molecule has 0 radical (unpaired) electrons. The van der Waals surface area contributed by atoms with Gasteiger partial charge in [-0.05, 0) is 31.5 Å².